The predicted octanol–water partition coefficient (Wildman–Crippen LogP) is 4.76. The molecule has 24 heavy (non-hydrogen) atoms. The maximum atomic E-state index is 14.4. The number of carbonyl (C=O) groups excluding carboxylic acids is 1. The van der Waals surface area contributed by atoms with E-state index in [0.29, 0.717) is 5.15 Å². The van der Waals surface area contributed by atoms with Gasteiger partial charge in [-0.05, 0) is 51.7 Å². The zero-order valence-corrected chi connectivity index (χ0v) is 14.9. The van der Waals surface area contributed by atoms with Crippen LogP contribution in [-0.4, -0.2) is 21.9 Å². The zero-order chi connectivity index (χ0) is 17.4. The summed E-state index contributed by atoms with van der Waals surface area (Å²) in [6.45, 7) is 3.46. The van der Waals surface area contributed by atoms with Crippen LogP contribution in [-0.2, 0) is 17.6 Å². The maximum absolute atomic E-state index is 14.4. The number of benzene rings is 1. The van der Waals surface area contributed by atoms with E-state index < -0.39 is 11.8 Å². The quantitative estimate of drug-likeness (QED) is 0.731. The number of esters is 1. The van der Waals surface area contributed by atoms with Gasteiger partial charge in [0.25, 0.3) is 0 Å². The summed E-state index contributed by atoms with van der Waals surface area (Å²) in [6, 6.07) is 2.43. The second kappa shape index (κ2) is 6.73. The van der Waals surface area contributed by atoms with Crippen LogP contribution in [0.25, 0.3) is 5.69 Å². The Morgan fingerprint density at radius 2 is 2.00 bits per heavy atom. The summed E-state index contributed by atoms with van der Waals surface area (Å²) < 4.78 is 20.9. The highest BCUT2D eigenvalue weighted by molar-refractivity contribution is 6.33. The second-order valence-corrected chi connectivity index (χ2v) is 6.84. The molecule has 0 bridgehead atoms. The minimum Gasteiger partial charge on any atom is -0.459 e. The topological polar surface area (TPSA) is 44.1 Å². The standard InChI is InChI=1S/C17H17Cl2FN2O2/c1-9(2)24-17(23)11-7-15(13(20)8-12(11)18)22-16(19)10-5-3-4-6-14(10)21-22/h7-9H,3-6H2,1-2H3. The number of nitrogens with zero attached hydrogens (tertiary/aromatic N) is 2. The Kier molecular flexibility index (Phi) is 4.83. The summed E-state index contributed by atoms with van der Waals surface area (Å²) in [5.74, 6) is -1.20. The van der Waals surface area contributed by atoms with E-state index in [1.54, 1.807) is 13.8 Å². The van der Waals surface area contributed by atoms with Crippen molar-refractivity contribution in [3.63, 3.8) is 0 Å². The van der Waals surface area contributed by atoms with E-state index in [1.807, 2.05) is 0 Å². The molecule has 3 rings (SSSR count). The van der Waals surface area contributed by atoms with Gasteiger partial charge in [0.1, 0.15) is 16.7 Å². The Balaban J connectivity index is 2.08. The summed E-state index contributed by atoms with van der Waals surface area (Å²) in [5, 5.41) is 4.80. The van der Waals surface area contributed by atoms with Crippen LogP contribution in [0.15, 0.2) is 12.1 Å². The minimum atomic E-state index is -0.607. The molecule has 0 saturated carbocycles. The average molecular weight is 371 g/mol. The third kappa shape index (κ3) is 3.15. The van der Waals surface area contributed by atoms with E-state index in [-0.39, 0.29) is 22.4 Å². The highest BCUT2D eigenvalue weighted by Gasteiger charge is 2.24. The zero-order valence-electron chi connectivity index (χ0n) is 13.4. The van der Waals surface area contributed by atoms with Crippen molar-refractivity contribution in [2.24, 2.45) is 0 Å². The fourth-order valence-corrected chi connectivity index (χ4v) is 3.37. The Morgan fingerprint density at radius 3 is 2.67 bits per heavy atom. The molecule has 128 valence electrons. The van der Waals surface area contributed by atoms with Crippen LogP contribution in [0.3, 0.4) is 0 Å². The van der Waals surface area contributed by atoms with Gasteiger partial charge in [-0.3, -0.25) is 0 Å². The summed E-state index contributed by atoms with van der Waals surface area (Å²) in [6.07, 6.45) is 3.41. The molecule has 0 aliphatic heterocycles. The molecule has 2 aromatic rings. The SMILES string of the molecule is CC(C)OC(=O)c1cc(-n2nc3c(c2Cl)CCCC3)c(F)cc1Cl. The fourth-order valence-electron chi connectivity index (χ4n) is 2.81. The Labute approximate surface area is 149 Å². The number of rotatable bonds is 3. The third-order valence-corrected chi connectivity index (χ3v) is 4.62. The molecular weight excluding hydrogens is 354 g/mol. The van der Waals surface area contributed by atoms with E-state index in [4.69, 9.17) is 27.9 Å². The summed E-state index contributed by atoms with van der Waals surface area (Å²) in [7, 11) is 0. The van der Waals surface area contributed by atoms with E-state index in [0.717, 1.165) is 43.0 Å². The van der Waals surface area contributed by atoms with Crippen LogP contribution in [0.1, 0.15) is 48.3 Å². The van der Waals surface area contributed by atoms with Gasteiger partial charge in [-0.15, -0.1) is 0 Å². The smallest absolute Gasteiger partial charge is 0.339 e. The number of halogens is 3. The number of carbonyl (C=O) groups is 1. The largest absolute Gasteiger partial charge is 0.459 e. The first-order valence-corrected chi connectivity index (χ1v) is 8.60. The van der Waals surface area contributed by atoms with Gasteiger partial charge in [0.2, 0.25) is 0 Å². The van der Waals surface area contributed by atoms with Crippen LogP contribution in [0.2, 0.25) is 10.2 Å². The van der Waals surface area contributed by atoms with Crippen LogP contribution < -0.4 is 0 Å². The second-order valence-electron chi connectivity index (χ2n) is 6.07. The van der Waals surface area contributed by atoms with Gasteiger partial charge in [0.05, 0.1) is 22.4 Å². The molecule has 0 saturated heterocycles. The number of fused-ring (bicyclic) bond motifs is 1. The molecule has 4 nitrogen and oxygen atoms in total. The summed E-state index contributed by atoms with van der Waals surface area (Å²) in [4.78, 5) is 12.2. The van der Waals surface area contributed by atoms with Crippen LogP contribution in [0.4, 0.5) is 4.39 Å². The lowest BCUT2D eigenvalue weighted by Gasteiger charge is -2.12. The van der Waals surface area contributed by atoms with Crippen LogP contribution in [0.5, 0.6) is 0 Å². The highest BCUT2D eigenvalue weighted by atomic mass is 35.5. The molecule has 0 fully saturated rings. The number of aryl methyl sites for hydroxylation is 1. The normalized spacial score (nSPS) is 13.9. The van der Waals surface area contributed by atoms with Crippen molar-refractivity contribution in [1.29, 1.82) is 0 Å². The van der Waals surface area contributed by atoms with E-state index >= 15 is 0 Å². The number of aromatic nitrogens is 2. The number of hydrogen-bond donors (Lipinski definition) is 0. The Bertz CT molecular complexity index is 802. The molecule has 7 heteroatoms. The number of hydrogen-bond acceptors (Lipinski definition) is 3. The molecule has 1 aromatic heterocycles. The molecule has 0 spiro atoms. The highest BCUT2D eigenvalue weighted by Crippen LogP contribution is 2.32. The van der Waals surface area contributed by atoms with Gasteiger partial charge in [-0.25, -0.2) is 13.9 Å². The molecule has 0 N–H and O–H groups in total. The van der Waals surface area contributed by atoms with E-state index in [2.05, 4.69) is 5.10 Å². The van der Waals surface area contributed by atoms with Crippen molar-refractivity contribution in [2.75, 3.05) is 0 Å². The van der Waals surface area contributed by atoms with Crippen molar-refractivity contribution < 1.29 is 13.9 Å². The first-order chi connectivity index (χ1) is 11.4. The molecular formula is C17H17Cl2FN2O2. The molecule has 0 radical (unpaired) electrons. The van der Waals surface area contributed by atoms with E-state index in [9.17, 15) is 9.18 Å². The first kappa shape index (κ1) is 17.2. The van der Waals surface area contributed by atoms with Crippen molar-refractivity contribution in [3.8, 4) is 5.69 Å². The molecule has 0 unspecified atom stereocenters. The molecule has 1 heterocycles. The lowest BCUT2D eigenvalue weighted by molar-refractivity contribution is 0.0378. The number of ether oxygens (including phenoxy) is 1. The van der Waals surface area contributed by atoms with E-state index in [1.165, 1.54) is 10.7 Å². The van der Waals surface area contributed by atoms with Gasteiger partial charge in [-0.1, -0.05) is 23.2 Å². The van der Waals surface area contributed by atoms with Gasteiger partial charge < -0.3 is 4.74 Å². The molecule has 1 aromatic carbocycles. The van der Waals surface area contributed by atoms with Crippen LogP contribution in [0, 0.1) is 5.82 Å². The fraction of sp³-hybridized carbons (Fsp3) is 0.412. The predicted molar refractivity (Wildman–Crippen MR) is 90.7 cm³/mol. The lowest BCUT2D eigenvalue weighted by Crippen LogP contribution is -2.13. The van der Waals surface area contributed by atoms with Crippen molar-refractivity contribution in [2.45, 2.75) is 45.6 Å². The monoisotopic (exact) mass is 370 g/mol. The minimum absolute atomic E-state index is 0.00468. The first-order valence-electron chi connectivity index (χ1n) is 7.85. The van der Waals surface area contributed by atoms with Gasteiger partial charge in [0, 0.05) is 5.56 Å². The van der Waals surface area contributed by atoms with Gasteiger partial charge in [0.15, 0.2) is 0 Å². The molecule has 0 amide bonds. The van der Waals surface area contributed by atoms with Crippen molar-refractivity contribution in [1.82, 2.24) is 9.78 Å². The van der Waals surface area contributed by atoms with Crippen molar-refractivity contribution >= 4 is 29.2 Å². The average Bonchev–Trinajstić information content (AvgIpc) is 2.84. The summed E-state index contributed by atoms with van der Waals surface area (Å²) in [5.41, 5.74) is 2.01. The molecule has 1 aliphatic rings. The Morgan fingerprint density at radius 1 is 1.29 bits per heavy atom. The van der Waals surface area contributed by atoms with Crippen LogP contribution >= 0.6 is 23.2 Å². The third-order valence-electron chi connectivity index (χ3n) is 3.92. The molecule has 0 atom stereocenters. The van der Waals surface area contributed by atoms with Gasteiger partial charge >= 0.3 is 5.97 Å². The summed E-state index contributed by atoms with van der Waals surface area (Å²) >= 11 is 12.4. The maximum Gasteiger partial charge on any atom is 0.339 e. The Hall–Kier alpha value is -1.59. The van der Waals surface area contributed by atoms with Crippen molar-refractivity contribution in [3.05, 3.63) is 44.9 Å². The van der Waals surface area contributed by atoms with Gasteiger partial charge in [-0.2, -0.15) is 5.10 Å². The molecule has 1 aliphatic carbocycles. The lowest BCUT2D eigenvalue weighted by atomic mass is 9.99.